The molecule has 35 heavy (non-hydrogen) atoms. The average Bonchev–Trinajstić information content (AvgIpc) is 2.87. The van der Waals surface area contributed by atoms with E-state index in [1.807, 2.05) is 6.07 Å². The summed E-state index contributed by atoms with van der Waals surface area (Å²) in [5.41, 5.74) is 1.50. The molecule has 0 unspecified atom stereocenters. The maximum atomic E-state index is 14.3. The Labute approximate surface area is 200 Å². The van der Waals surface area contributed by atoms with Gasteiger partial charge in [-0.25, -0.2) is 4.39 Å². The van der Waals surface area contributed by atoms with Crippen LogP contribution in [0.1, 0.15) is 18.2 Å². The zero-order valence-electron chi connectivity index (χ0n) is 19.0. The highest BCUT2D eigenvalue weighted by molar-refractivity contribution is 5.82. The first-order chi connectivity index (χ1) is 17.1. The Morgan fingerprint density at radius 2 is 2.00 bits per heavy atom. The van der Waals surface area contributed by atoms with Crippen LogP contribution in [-0.4, -0.2) is 76.1 Å². The molecule has 1 fully saturated rings. The number of ether oxygens (including phenoxy) is 3. The number of nitrogens with one attached hydrogen (secondary N) is 1. The molecule has 3 aliphatic heterocycles. The van der Waals surface area contributed by atoms with Crippen molar-refractivity contribution in [2.75, 3.05) is 39.5 Å². The lowest BCUT2D eigenvalue weighted by atomic mass is 10.0. The van der Waals surface area contributed by atoms with Crippen molar-refractivity contribution in [1.29, 1.82) is 0 Å². The molecular weight excluding hydrogens is 457 g/mol. The topological polar surface area (TPSA) is 111 Å². The summed E-state index contributed by atoms with van der Waals surface area (Å²) in [6.07, 6.45) is 2.91. The quantitative estimate of drug-likeness (QED) is 0.546. The fraction of sp³-hybridized carbons (Fsp3) is 0.458. The van der Waals surface area contributed by atoms with E-state index < -0.39 is 11.9 Å². The van der Waals surface area contributed by atoms with Crippen molar-refractivity contribution in [1.82, 2.24) is 24.8 Å². The number of rotatable bonds is 5. The molecule has 6 rings (SSSR count). The Hall–Kier alpha value is -3.28. The minimum atomic E-state index is -0.593. The van der Waals surface area contributed by atoms with Crippen LogP contribution in [0.3, 0.4) is 0 Å². The summed E-state index contributed by atoms with van der Waals surface area (Å²) in [7, 11) is 0. The van der Waals surface area contributed by atoms with Gasteiger partial charge in [-0.05, 0) is 19.0 Å². The number of β-amino-alcohol motifs (C(OH)–C–C–N with tert-alkyl or cyclic N) is 1. The van der Waals surface area contributed by atoms with Crippen molar-refractivity contribution in [3.63, 3.8) is 0 Å². The van der Waals surface area contributed by atoms with Crippen LogP contribution in [0.5, 0.6) is 17.2 Å². The molecule has 3 aliphatic rings. The average molecular weight is 484 g/mol. The molecule has 0 saturated carbocycles. The summed E-state index contributed by atoms with van der Waals surface area (Å²) in [5.74, 6) is 0.829. The largest absolute Gasteiger partial charge is 0.486 e. The molecule has 0 amide bonds. The molecule has 11 heteroatoms. The maximum absolute atomic E-state index is 14.3. The fourth-order valence-electron chi connectivity index (χ4n) is 5.08. The van der Waals surface area contributed by atoms with E-state index >= 15 is 0 Å². The molecule has 1 saturated heterocycles. The van der Waals surface area contributed by atoms with E-state index in [0.717, 1.165) is 24.9 Å². The highest BCUT2D eigenvalue weighted by Gasteiger charge is 2.32. The molecule has 3 atom stereocenters. The number of nitrogens with zero attached hydrogens (tertiary/aromatic N) is 4. The normalized spacial score (nSPS) is 23.8. The Morgan fingerprint density at radius 3 is 2.86 bits per heavy atom. The van der Waals surface area contributed by atoms with Gasteiger partial charge < -0.3 is 24.6 Å². The van der Waals surface area contributed by atoms with Gasteiger partial charge in [-0.3, -0.25) is 24.2 Å². The molecule has 0 aliphatic carbocycles. The third-order valence-corrected chi connectivity index (χ3v) is 6.81. The number of fused-ring (bicyclic) bond motifs is 1. The Kier molecular flexibility index (Phi) is 5.75. The molecule has 184 valence electrons. The van der Waals surface area contributed by atoms with Crippen molar-refractivity contribution < 1.29 is 23.7 Å². The van der Waals surface area contributed by atoms with E-state index in [1.165, 1.54) is 6.07 Å². The second-order valence-electron chi connectivity index (χ2n) is 9.10. The summed E-state index contributed by atoms with van der Waals surface area (Å²) in [6.45, 7) is 3.40. The first kappa shape index (κ1) is 22.2. The van der Waals surface area contributed by atoms with Gasteiger partial charge in [0.25, 0.3) is 5.56 Å². The third-order valence-electron chi connectivity index (χ3n) is 6.81. The molecule has 3 aromatic rings. The molecular formula is C24H26FN5O5. The molecule has 0 radical (unpaired) electrons. The van der Waals surface area contributed by atoms with Crippen LogP contribution in [0.2, 0.25) is 0 Å². The maximum Gasteiger partial charge on any atom is 0.251 e. The fourth-order valence-corrected chi connectivity index (χ4v) is 5.08. The monoisotopic (exact) mass is 483 g/mol. The highest BCUT2D eigenvalue weighted by atomic mass is 19.1. The van der Waals surface area contributed by atoms with Gasteiger partial charge in [-0.1, -0.05) is 0 Å². The standard InChI is InChI=1S/C24H26FN5O5/c25-16-9-28-18-1-2-22(32)30-15(13-35-24(16)23(18)30)11-29-4-3-17(19(31)12-29)27-8-14-7-20-21(10-26-14)34-6-5-33-20/h1-2,7,9-10,15,17,19,27,31H,3-6,8,11-13H2/t15-,17-,19+/m1/s1. The first-order valence-electron chi connectivity index (χ1n) is 11.8. The zero-order valence-corrected chi connectivity index (χ0v) is 19.0. The molecule has 0 aromatic carbocycles. The minimum Gasteiger partial charge on any atom is -0.486 e. The number of halogens is 1. The van der Waals surface area contributed by atoms with Crippen molar-refractivity contribution in [3.8, 4) is 17.2 Å². The van der Waals surface area contributed by atoms with E-state index in [-0.39, 0.29) is 30.0 Å². The molecule has 2 N–H and O–H groups in total. The molecule has 10 nitrogen and oxygen atoms in total. The summed E-state index contributed by atoms with van der Waals surface area (Å²) in [6, 6.07) is 4.50. The van der Waals surface area contributed by atoms with Crippen molar-refractivity contribution in [3.05, 3.63) is 52.5 Å². The van der Waals surface area contributed by atoms with E-state index in [2.05, 4.69) is 20.2 Å². The van der Waals surface area contributed by atoms with Crippen LogP contribution in [0.25, 0.3) is 11.0 Å². The Bertz CT molecular complexity index is 1320. The number of likely N-dealkylation sites (tertiary alicyclic amines) is 1. The number of aliphatic hydroxyl groups is 1. The van der Waals surface area contributed by atoms with Gasteiger partial charge in [-0.2, -0.15) is 0 Å². The van der Waals surface area contributed by atoms with Crippen LogP contribution < -0.4 is 25.1 Å². The van der Waals surface area contributed by atoms with Gasteiger partial charge in [-0.15, -0.1) is 0 Å². The van der Waals surface area contributed by atoms with E-state index in [4.69, 9.17) is 14.2 Å². The lowest BCUT2D eigenvalue weighted by Crippen LogP contribution is -2.54. The second kappa shape index (κ2) is 9.06. The van der Waals surface area contributed by atoms with Gasteiger partial charge in [0.1, 0.15) is 25.3 Å². The lowest BCUT2D eigenvalue weighted by molar-refractivity contribution is 0.0294. The molecule has 0 bridgehead atoms. The lowest BCUT2D eigenvalue weighted by Gasteiger charge is -2.39. The summed E-state index contributed by atoms with van der Waals surface area (Å²) >= 11 is 0. The van der Waals surface area contributed by atoms with Crippen LogP contribution in [0.4, 0.5) is 4.39 Å². The predicted octanol–water partition coefficient (Wildman–Crippen LogP) is 0.860. The third kappa shape index (κ3) is 4.19. The van der Waals surface area contributed by atoms with Gasteiger partial charge in [0.15, 0.2) is 23.1 Å². The Balaban J connectivity index is 1.10. The van der Waals surface area contributed by atoms with E-state index in [1.54, 1.807) is 16.8 Å². The zero-order chi connectivity index (χ0) is 23.9. The van der Waals surface area contributed by atoms with Gasteiger partial charge in [0.05, 0.1) is 35.8 Å². The number of hydrogen-bond acceptors (Lipinski definition) is 9. The van der Waals surface area contributed by atoms with E-state index in [9.17, 15) is 14.3 Å². The van der Waals surface area contributed by atoms with Gasteiger partial charge >= 0.3 is 0 Å². The SMILES string of the molecule is O=c1ccc2ncc(F)c3c2n1[C@H](CN1CC[C@@H](NCc2cc4c(cn2)OCCO4)[C@@H](O)C1)CO3. The van der Waals surface area contributed by atoms with Crippen molar-refractivity contribution in [2.45, 2.75) is 31.2 Å². The number of hydrogen-bond donors (Lipinski definition) is 2. The van der Waals surface area contributed by atoms with Crippen LogP contribution in [0.15, 0.2) is 35.4 Å². The highest BCUT2D eigenvalue weighted by Crippen LogP contribution is 2.33. The van der Waals surface area contributed by atoms with Gasteiger partial charge in [0.2, 0.25) is 0 Å². The van der Waals surface area contributed by atoms with E-state index in [0.29, 0.717) is 55.4 Å². The van der Waals surface area contributed by atoms with Crippen LogP contribution in [0, 0.1) is 5.82 Å². The van der Waals surface area contributed by atoms with Gasteiger partial charge in [0, 0.05) is 37.8 Å². The first-order valence-corrected chi connectivity index (χ1v) is 11.8. The number of aromatic nitrogens is 3. The van der Waals surface area contributed by atoms with Crippen LogP contribution in [-0.2, 0) is 6.54 Å². The summed E-state index contributed by atoms with van der Waals surface area (Å²) in [4.78, 5) is 23.3. The van der Waals surface area contributed by atoms with Crippen molar-refractivity contribution in [2.24, 2.45) is 0 Å². The Morgan fingerprint density at radius 1 is 1.14 bits per heavy atom. The number of pyridine rings is 3. The predicted molar refractivity (Wildman–Crippen MR) is 123 cm³/mol. The second-order valence-corrected chi connectivity index (χ2v) is 9.10. The summed E-state index contributed by atoms with van der Waals surface area (Å²) < 4.78 is 32.7. The molecule has 0 spiro atoms. The molecule has 6 heterocycles. The summed E-state index contributed by atoms with van der Waals surface area (Å²) in [5, 5.41) is 14.2. The van der Waals surface area contributed by atoms with Crippen molar-refractivity contribution >= 4 is 11.0 Å². The minimum absolute atomic E-state index is 0.0691. The number of aliphatic hydroxyl groups excluding tert-OH is 1. The van der Waals surface area contributed by atoms with Crippen LogP contribution >= 0.6 is 0 Å². The molecule has 3 aromatic heterocycles. The smallest absolute Gasteiger partial charge is 0.251 e. The number of piperidine rings is 1.